The molecule has 1 rings (SSSR count). The molecule has 0 spiro atoms. The Balaban J connectivity index is 2.73. The third-order valence-electron chi connectivity index (χ3n) is 2.36. The van der Waals surface area contributed by atoms with Crippen molar-refractivity contribution in [2.45, 2.75) is 19.4 Å². The van der Waals surface area contributed by atoms with Gasteiger partial charge >= 0.3 is 0 Å². The predicted octanol–water partition coefficient (Wildman–Crippen LogP) is 0.0335. The van der Waals surface area contributed by atoms with Crippen molar-refractivity contribution in [1.82, 2.24) is 14.5 Å². The molecule has 0 aliphatic carbocycles. The van der Waals surface area contributed by atoms with Crippen LogP contribution in [0.4, 0.5) is 0 Å². The van der Waals surface area contributed by atoms with Gasteiger partial charge in [-0.1, -0.05) is 0 Å². The fourth-order valence-corrected chi connectivity index (χ4v) is 1.35. The summed E-state index contributed by atoms with van der Waals surface area (Å²) in [6.45, 7) is 2.69. The monoisotopic (exact) mass is 210 g/mol. The molecule has 0 aliphatic rings. The standard InChI is InChI=1S/C10H18N4O/c1-8(10(11)15)14-7-5-12-9(14)4-6-13(2)3/h5,7-8H,4,6H2,1-3H3,(H2,11,15). The summed E-state index contributed by atoms with van der Waals surface area (Å²) >= 11 is 0. The summed E-state index contributed by atoms with van der Waals surface area (Å²) in [6, 6.07) is -0.329. The van der Waals surface area contributed by atoms with Gasteiger partial charge in [-0.2, -0.15) is 0 Å². The first kappa shape index (κ1) is 11.7. The summed E-state index contributed by atoms with van der Waals surface area (Å²) in [4.78, 5) is 17.3. The van der Waals surface area contributed by atoms with E-state index in [-0.39, 0.29) is 11.9 Å². The van der Waals surface area contributed by atoms with Gasteiger partial charge in [-0.05, 0) is 21.0 Å². The van der Waals surface area contributed by atoms with E-state index in [9.17, 15) is 4.79 Å². The van der Waals surface area contributed by atoms with Crippen molar-refractivity contribution in [1.29, 1.82) is 0 Å². The molecular formula is C10H18N4O. The van der Waals surface area contributed by atoms with E-state index < -0.39 is 0 Å². The first-order valence-corrected chi connectivity index (χ1v) is 4.98. The van der Waals surface area contributed by atoms with E-state index in [0.29, 0.717) is 0 Å². The number of hydrogen-bond acceptors (Lipinski definition) is 3. The van der Waals surface area contributed by atoms with Gasteiger partial charge in [0.15, 0.2) is 0 Å². The van der Waals surface area contributed by atoms with Crippen molar-refractivity contribution in [2.75, 3.05) is 20.6 Å². The number of aromatic nitrogens is 2. The normalized spacial score (nSPS) is 13.1. The maximum atomic E-state index is 11.1. The van der Waals surface area contributed by atoms with Crippen LogP contribution in [0.3, 0.4) is 0 Å². The molecule has 1 aromatic heterocycles. The van der Waals surface area contributed by atoms with Crippen LogP contribution in [0, 0.1) is 0 Å². The molecule has 2 N–H and O–H groups in total. The van der Waals surface area contributed by atoms with Crippen LogP contribution in [-0.4, -0.2) is 41.0 Å². The van der Waals surface area contributed by atoms with Crippen LogP contribution in [0.15, 0.2) is 12.4 Å². The van der Waals surface area contributed by atoms with Crippen molar-refractivity contribution in [3.05, 3.63) is 18.2 Å². The summed E-state index contributed by atoms with van der Waals surface area (Å²) in [5.41, 5.74) is 5.25. The SMILES string of the molecule is CC(C(N)=O)n1ccnc1CCN(C)C. The van der Waals surface area contributed by atoms with Crippen LogP contribution in [0.2, 0.25) is 0 Å². The average molecular weight is 210 g/mol. The number of carbonyl (C=O) groups excluding carboxylic acids is 1. The Morgan fingerprint density at radius 2 is 2.33 bits per heavy atom. The zero-order chi connectivity index (χ0) is 11.4. The highest BCUT2D eigenvalue weighted by atomic mass is 16.1. The van der Waals surface area contributed by atoms with E-state index in [2.05, 4.69) is 9.88 Å². The second-order valence-electron chi connectivity index (χ2n) is 3.88. The molecule has 5 nitrogen and oxygen atoms in total. The lowest BCUT2D eigenvalue weighted by atomic mass is 10.3. The van der Waals surface area contributed by atoms with E-state index in [4.69, 9.17) is 5.73 Å². The third-order valence-corrected chi connectivity index (χ3v) is 2.36. The minimum Gasteiger partial charge on any atom is -0.368 e. The molecule has 1 unspecified atom stereocenters. The predicted molar refractivity (Wildman–Crippen MR) is 58.4 cm³/mol. The number of nitrogens with zero attached hydrogens (tertiary/aromatic N) is 3. The quantitative estimate of drug-likeness (QED) is 0.746. The number of imidazole rings is 1. The van der Waals surface area contributed by atoms with Gasteiger partial charge in [-0.3, -0.25) is 4.79 Å². The van der Waals surface area contributed by atoms with Crippen molar-refractivity contribution in [3.8, 4) is 0 Å². The first-order valence-electron chi connectivity index (χ1n) is 4.98. The van der Waals surface area contributed by atoms with E-state index in [1.807, 2.05) is 18.7 Å². The van der Waals surface area contributed by atoms with Crippen molar-refractivity contribution in [2.24, 2.45) is 5.73 Å². The second kappa shape index (κ2) is 4.93. The molecule has 0 saturated carbocycles. The second-order valence-corrected chi connectivity index (χ2v) is 3.88. The van der Waals surface area contributed by atoms with Crippen molar-refractivity contribution >= 4 is 5.91 Å². The fraction of sp³-hybridized carbons (Fsp3) is 0.600. The van der Waals surface area contributed by atoms with E-state index in [1.165, 1.54) is 0 Å². The van der Waals surface area contributed by atoms with Crippen LogP contribution in [0.1, 0.15) is 18.8 Å². The molecule has 0 aliphatic heterocycles. The Morgan fingerprint density at radius 3 is 2.87 bits per heavy atom. The van der Waals surface area contributed by atoms with Crippen LogP contribution in [-0.2, 0) is 11.2 Å². The molecule has 1 heterocycles. The number of rotatable bonds is 5. The maximum Gasteiger partial charge on any atom is 0.240 e. The van der Waals surface area contributed by atoms with Crippen LogP contribution < -0.4 is 5.73 Å². The summed E-state index contributed by atoms with van der Waals surface area (Å²) in [5, 5.41) is 0. The summed E-state index contributed by atoms with van der Waals surface area (Å²) in [6.07, 6.45) is 4.31. The lowest BCUT2D eigenvalue weighted by Crippen LogP contribution is -2.26. The summed E-state index contributed by atoms with van der Waals surface area (Å²) in [7, 11) is 4.01. The molecule has 0 radical (unpaired) electrons. The lowest BCUT2D eigenvalue weighted by Gasteiger charge is -2.14. The molecular weight excluding hydrogens is 192 g/mol. The molecule has 1 atom stereocenters. The smallest absolute Gasteiger partial charge is 0.240 e. The number of carbonyl (C=O) groups is 1. The van der Waals surface area contributed by atoms with Gasteiger partial charge < -0.3 is 15.2 Å². The van der Waals surface area contributed by atoms with Crippen molar-refractivity contribution < 1.29 is 4.79 Å². The highest BCUT2D eigenvalue weighted by Crippen LogP contribution is 2.09. The van der Waals surface area contributed by atoms with Crippen LogP contribution in [0.25, 0.3) is 0 Å². The minimum absolute atomic E-state index is 0.329. The molecule has 0 fully saturated rings. The van der Waals surface area contributed by atoms with Crippen LogP contribution in [0.5, 0.6) is 0 Å². The molecule has 0 saturated heterocycles. The molecule has 1 aromatic rings. The number of hydrogen-bond donors (Lipinski definition) is 1. The Kier molecular flexibility index (Phi) is 3.85. The minimum atomic E-state index is -0.334. The zero-order valence-electron chi connectivity index (χ0n) is 9.47. The van der Waals surface area contributed by atoms with Gasteiger partial charge in [0.25, 0.3) is 0 Å². The molecule has 1 amide bonds. The first-order chi connectivity index (χ1) is 7.02. The Morgan fingerprint density at radius 1 is 1.67 bits per heavy atom. The van der Waals surface area contributed by atoms with Gasteiger partial charge in [0.1, 0.15) is 11.9 Å². The third kappa shape index (κ3) is 3.06. The van der Waals surface area contributed by atoms with Crippen molar-refractivity contribution in [3.63, 3.8) is 0 Å². The molecule has 84 valence electrons. The van der Waals surface area contributed by atoms with Crippen LogP contribution >= 0.6 is 0 Å². The van der Waals surface area contributed by atoms with Gasteiger partial charge in [-0.25, -0.2) is 4.98 Å². The van der Waals surface area contributed by atoms with Gasteiger partial charge in [0, 0.05) is 25.4 Å². The molecule has 5 heteroatoms. The topological polar surface area (TPSA) is 64.2 Å². The summed E-state index contributed by atoms with van der Waals surface area (Å²) in [5.74, 6) is 0.564. The largest absolute Gasteiger partial charge is 0.368 e. The Hall–Kier alpha value is -1.36. The highest BCUT2D eigenvalue weighted by molar-refractivity contribution is 5.77. The molecule has 0 bridgehead atoms. The van der Waals surface area contributed by atoms with E-state index in [1.54, 1.807) is 19.3 Å². The van der Waals surface area contributed by atoms with E-state index >= 15 is 0 Å². The lowest BCUT2D eigenvalue weighted by molar-refractivity contribution is -0.120. The average Bonchev–Trinajstić information content (AvgIpc) is 2.60. The molecule has 15 heavy (non-hydrogen) atoms. The Bertz CT molecular complexity index is 332. The number of likely N-dealkylation sites (N-methyl/N-ethyl adjacent to an activating group) is 1. The van der Waals surface area contributed by atoms with Gasteiger partial charge in [0.2, 0.25) is 5.91 Å². The number of primary amides is 1. The van der Waals surface area contributed by atoms with Gasteiger partial charge in [-0.15, -0.1) is 0 Å². The number of amides is 1. The highest BCUT2D eigenvalue weighted by Gasteiger charge is 2.14. The zero-order valence-corrected chi connectivity index (χ0v) is 9.47. The summed E-state index contributed by atoms with van der Waals surface area (Å²) < 4.78 is 1.83. The Labute approximate surface area is 89.9 Å². The fourth-order valence-electron chi connectivity index (χ4n) is 1.35. The van der Waals surface area contributed by atoms with E-state index in [0.717, 1.165) is 18.8 Å². The number of nitrogens with two attached hydrogens (primary N) is 1. The maximum absolute atomic E-state index is 11.1. The van der Waals surface area contributed by atoms with Gasteiger partial charge in [0.05, 0.1) is 0 Å². The molecule has 0 aromatic carbocycles.